The largest absolute Gasteiger partial charge is 0.393 e. The molecule has 0 radical (unpaired) electrons. The molecule has 2 saturated carbocycles. The molecule has 4 N–H and O–H groups in total. The van der Waals surface area contributed by atoms with E-state index in [9.17, 15) is 10.4 Å². The predicted molar refractivity (Wildman–Crippen MR) is 97.4 cm³/mol. The van der Waals surface area contributed by atoms with E-state index in [0.29, 0.717) is 35.8 Å². The summed E-state index contributed by atoms with van der Waals surface area (Å²) in [6.45, 7) is 0. The van der Waals surface area contributed by atoms with Crippen molar-refractivity contribution in [2.45, 2.75) is 75.6 Å². The number of aliphatic hydroxyl groups excluding tert-OH is 1. The van der Waals surface area contributed by atoms with Gasteiger partial charge in [0, 0.05) is 18.1 Å². The van der Waals surface area contributed by atoms with Crippen molar-refractivity contribution in [3.8, 4) is 6.07 Å². The maximum atomic E-state index is 9.84. The second kappa shape index (κ2) is 8.45. The van der Waals surface area contributed by atoms with Crippen LogP contribution < -0.4 is 16.0 Å². The fourth-order valence-electron chi connectivity index (χ4n) is 3.84. The number of aromatic nitrogens is 2. The minimum absolute atomic E-state index is 0.157. The van der Waals surface area contributed by atoms with Crippen LogP contribution in [0, 0.1) is 11.3 Å². The Morgan fingerprint density at radius 1 is 1.08 bits per heavy atom. The number of aliphatic hydroxyl groups is 1. The van der Waals surface area contributed by atoms with Gasteiger partial charge in [-0.3, -0.25) is 0 Å². The van der Waals surface area contributed by atoms with E-state index >= 15 is 0 Å². The van der Waals surface area contributed by atoms with Crippen LogP contribution in [0.5, 0.6) is 0 Å². The summed E-state index contributed by atoms with van der Waals surface area (Å²) in [5, 5.41) is 29.3. The molecule has 2 fully saturated rings. The minimum Gasteiger partial charge on any atom is -0.393 e. The van der Waals surface area contributed by atoms with Gasteiger partial charge in [-0.05, 0) is 58.4 Å². The van der Waals surface area contributed by atoms with Gasteiger partial charge in [-0.2, -0.15) is 10.2 Å². The van der Waals surface area contributed by atoms with Gasteiger partial charge in [0.25, 0.3) is 0 Å². The zero-order chi connectivity index (χ0) is 17.6. The van der Waals surface area contributed by atoms with Crippen LogP contribution in [0.25, 0.3) is 0 Å². The third kappa shape index (κ3) is 4.80. The van der Waals surface area contributed by atoms with E-state index in [1.165, 1.54) is 0 Å². The molecule has 2 atom stereocenters. The lowest BCUT2D eigenvalue weighted by atomic mass is 9.91. The summed E-state index contributed by atoms with van der Waals surface area (Å²) in [6, 6.07) is 3.29. The second-order valence-corrected chi connectivity index (χ2v) is 7.21. The first-order chi connectivity index (χ1) is 12.2. The van der Waals surface area contributed by atoms with Gasteiger partial charge in [0.1, 0.15) is 17.5 Å². The van der Waals surface area contributed by atoms with Gasteiger partial charge in [-0.1, -0.05) is 0 Å². The highest BCUT2D eigenvalue weighted by molar-refractivity contribution is 5.54. The van der Waals surface area contributed by atoms with Crippen molar-refractivity contribution in [2.75, 3.05) is 17.7 Å². The summed E-state index contributed by atoms with van der Waals surface area (Å²) in [5.41, 5.74) is 0.449. The summed E-state index contributed by atoms with van der Waals surface area (Å²) < 4.78 is 0. The van der Waals surface area contributed by atoms with Crippen molar-refractivity contribution in [3.05, 3.63) is 11.8 Å². The maximum Gasteiger partial charge on any atom is 0.224 e. The van der Waals surface area contributed by atoms with Crippen molar-refractivity contribution in [2.24, 2.45) is 0 Å². The highest BCUT2D eigenvalue weighted by Gasteiger charge is 2.23. The first kappa shape index (κ1) is 17.9. The normalized spacial score (nSPS) is 29.6. The third-order valence-electron chi connectivity index (χ3n) is 5.37. The van der Waals surface area contributed by atoms with Crippen LogP contribution in [0.1, 0.15) is 56.9 Å². The van der Waals surface area contributed by atoms with Gasteiger partial charge >= 0.3 is 0 Å². The van der Waals surface area contributed by atoms with Crippen molar-refractivity contribution in [3.63, 3.8) is 0 Å². The van der Waals surface area contributed by atoms with E-state index in [-0.39, 0.29) is 12.1 Å². The van der Waals surface area contributed by atoms with Gasteiger partial charge in [0.2, 0.25) is 5.95 Å². The van der Waals surface area contributed by atoms with Crippen molar-refractivity contribution in [1.82, 2.24) is 15.3 Å². The lowest BCUT2D eigenvalue weighted by molar-refractivity contribution is 0.124. The molecule has 0 amide bonds. The third-order valence-corrected chi connectivity index (χ3v) is 5.37. The van der Waals surface area contributed by atoms with Crippen LogP contribution in [-0.2, 0) is 0 Å². The number of hydrogen-bond donors (Lipinski definition) is 4. The topological polar surface area (TPSA) is 106 Å². The number of nitrogens with zero attached hydrogens (tertiary/aromatic N) is 3. The van der Waals surface area contributed by atoms with Crippen LogP contribution >= 0.6 is 0 Å². The summed E-state index contributed by atoms with van der Waals surface area (Å²) in [6.07, 6.45) is 9.33. The minimum atomic E-state index is -0.265. The number of anilines is 2. The Balaban J connectivity index is 1.64. The molecule has 7 nitrogen and oxygen atoms in total. The molecule has 0 saturated heterocycles. The first-order valence-corrected chi connectivity index (χ1v) is 9.33. The molecule has 2 aliphatic rings. The molecule has 25 heavy (non-hydrogen) atoms. The molecule has 1 aromatic heterocycles. The first-order valence-electron chi connectivity index (χ1n) is 9.33. The summed E-state index contributed by atoms with van der Waals surface area (Å²) in [7, 11) is 2.02. The van der Waals surface area contributed by atoms with Crippen LogP contribution in [0.2, 0.25) is 0 Å². The number of rotatable bonds is 5. The molecular weight excluding hydrogens is 316 g/mol. The molecule has 3 rings (SSSR count). The average molecular weight is 344 g/mol. The van der Waals surface area contributed by atoms with E-state index in [4.69, 9.17) is 0 Å². The fourth-order valence-corrected chi connectivity index (χ4v) is 3.84. The summed E-state index contributed by atoms with van der Waals surface area (Å²) in [4.78, 5) is 8.84. The monoisotopic (exact) mass is 344 g/mol. The second-order valence-electron chi connectivity index (χ2n) is 7.21. The molecule has 1 heterocycles. The van der Waals surface area contributed by atoms with Crippen LogP contribution in [-0.4, -0.2) is 46.4 Å². The standard InChI is InChI=1S/C18H28N6O/c1-20-13-5-7-14(8-6-13)23-18-21-11-12(10-19)17(24-18)22-15-3-2-4-16(25)9-15/h11,13-16,20,25H,2-9H2,1H3,(H2,21,22,23,24)/t13?,14?,15-,16-/m1/s1. The molecular formula is C18H28N6O. The highest BCUT2D eigenvalue weighted by Crippen LogP contribution is 2.25. The average Bonchev–Trinajstić information content (AvgIpc) is 2.63. The molecule has 0 aliphatic heterocycles. The van der Waals surface area contributed by atoms with Crippen molar-refractivity contribution < 1.29 is 5.11 Å². The fraction of sp³-hybridized carbons (Fsp3) is 0.722. The Hall–Kier alpha value is -1.91. The quantitative estimate of drug-likeness (QED) is 0.647. The molecule has 7 heteroatoms. The lowest BCUT2D eigenvalue weighted by Gasteiger charge is -2.29. The van der Waals surface area contributed by atoms with E-state index in [0.717, 1.165) is 44.9 Å². The number of hydrogen-bond acceptors (Lipinski definition) is 7. The molecule has 2 aliphatic carbocycles. The van der Waals surface area contributed by atoms with Gasteiger partial charge in [-0.25, -0.2) is 4.98 Å². The number of nitriles is 1. The van der Waals surface area contributed by atoms with E-state index in [2.05, 4.69) is 32.0 Å². The Kier molecular flexibility index (Phi) is 6.05. The van der Waals surface area contributed by atoms with E-state index in [1.807, 2.05) is 7.05 Å². The van der Waals surface area contributed by atoms with Gasteiger partial charge in [0.05, 0.1) is 12.3 Å². The zero-order valence-corrected chi connectivity index (χ0v) is 14.8. The molecule has 1 aromatic rings. The maximum absolute atomic E-state index is 9.84. The van der Waals surface area contributed by atoms with Crippen molar-refractivity contribution in [1.29, 1.82) is 5.26 Å². The molecule has 0 unspecified atom stereocenters. The highest BCUT2D eigenvalue weighted by atomic mass is 16.3. The van der Waals surface area contributed by atoms with Gasteiger partial charge in [0.15, 0.2) is 0 Å². The molecule has 0 spiro atoms. The Labute approximate surface area is 149 Å². The smallest absolute Gasteiger partial charge is 0.224 e. The van der Waals surface area contributed by atoms with Crippen molar-refractivity contribution >= 4 is 11.8 Å². The Morgan fingerprint density at radius 3 is 2.52 bits per heavy atom. The Morgan fingerprint density at radius 2 is 1.84 bits per heavy atom. The molecule has 136 valence electrons. The lowest BCUT2D eigenvalue weighted by Crippen LogP contribution is -2.35. The molecule has 0 aromatic carbocycles. The number of nitrogens with one attached hydrogen (secondary N) is 3. The van der Waals surface area contributed by atoms with Crippen LogP contribution in [0.3, 0.4) is 0 Å². The van der Waals surface area contributed by atoms with E-state index in [1.54, 1.807) is 6.20 Å². The van der Waals surface area contributed by atoms with Crippen LogP contribution in [0.15, 0.2) is 6.20 Å². The van der Waals surface area contributed by atoms with Gasteiger partial charge in [-0.15, -0.1) is 0 Å². The van der Waals surface area contributed by atoms with E-state index < -0.39 is 0 Å². The van der Waals surface area contributed by atoms with Crippen LogP contribution in [0.4, 0.5) is 11.8 Å². The summed E-state index contributed by atoms with van der Waals surface area (Å²) >= 11 is 0. The molecule has 0 bridgehead atoms. The summed E-state index contributed by atoms with van der Waals surface area (Å²) in [5.74, 6) is 1.15. The zero-order valence-electron chi connectivity index (χ0n) is 14.8. The SMILES string of the molecule is CNC1CCC(Nc2ncc(C#N)c(N[C@@H]3CCC[C@@H](O)C3)n2)CC1. The van der Waals surface area contributed by atoms with Gasteiger partial charge < -0.3 is 21.1 Å². The predicted octanol–water partition coefficient (Wildman–Crippen LogP) is 2.01. The Bertz CT molecular complexity index is 608.